The molecule has 1 aromatic heterocycles. The van der Waals surface area contributed by atoms with Gasteiger partial charge in [-0.2, -0.15) is 0 Å². The molecule has 0 amide bonds. The smallest absolute Gasteiger partial charge is 0.159 e. The summed E-state index contributed by atoms with van der Waals surface area (Å²) >= 11 is 0. The van der Waals surface area contributed by atoms with Crippen molar-refractivity contribution in [2.24, 2.45) is 0 Å². The van der Waals surface area contributed by atoms with Gasteiger partial charge >= 0.3 is 0 Å². The Hall–Kier alpha value is -3.05. The van der Waals surface area contributed by atoms with Gasteiger partial charge in [0.25, 0.3) is 0 Å². The molecule has 2 N–H and O–H groups in total. The van der Waals surface area contributed by atoms with Crippen LogP contribution in [0.1, 0.15) is 31.7 Å². The number of aromatic hydroxyl groups is 1. The molecule has 0 bridgehead atoms. The molecule has 0 aliphatic heterocycles. The highest BCUT2D eigenvalue weighted by Crippen LogP contribution is 2.26. The van der Waals surface area contributed by atoms with E-state index in [9.17, 15) is 14.6 Å². The fraction of sp³-hybridized carbons (Fsp3) is 0.217. The number of phenols is 1. The minimum Gasteiger partial charge on any atom is -0.508 e. The summed E-state index contributed by atoms with van der Waals surface area (Å²) in [4.78, 5) is 8.68. The van der Waals surface area contributed by atoms with Gasteiger partial charge in [-0.25, -0.2) is 14.4 Å². The number of phenolic OH excluding ortho intramolecular Hbond substituents is 1. The third-order valence-corrected chi connectivity index (χ3v) is 4.39. The second-order valence-corrected chi connectivity index (χ2v) is 6.76. The van der Waals surface area contributed by atoms with Crippen LogP contribution in [0.25, 0.3) is 28.6 Å². The summed E-state index contributed by atoms with van der Waals surface area (Å²) in [5.74, 6) is -0.0628. The van der Waals surface area contributed by atoms with Crippen molar-refractivity contribution in [1.82, 2.24) is 9.97 Å². The Bertz CT molecular complexity index is 936. The molecule has 5 heteroatoms. The first-order valence-corrected chi connectivity index (χ1v) is 9.29. The van der Waals surface area contributed by atoms with Crippen molar-refractivity contribution in [1.29, 1.82) is 0 Å². The second kappa shape index (κ2) is 9.24. The van der Waals surface area contributed by atoms with Gasteiger partial charge < -0.3 is 10.2 Å². The zero-order chi connectivity index (χ0) is 19.9. The summed E-state index contributed by atoms with van der Waals surface area (Å²) in [7, 11) is 0. The van der Waals surface area contributed by atoms with Crippen LogP contribution in [0.3, 0.4) is 0 Å². The van der Waals surface area contributed by atoms with E-state index in [4.69, 9.17) is 0 Å². The fourth-order valence-electron chi connectivity index (χ4n) is 2.85. The lowest BCUT2D eigenvalue weighted by Gasteiger charge is -2.05. The Morgan fingerprint density at radius 3 is 2.39 bits per heavy atom. The fourth-order valence-corrected chi connectivity index (χ4v) is 2.85. The van der Waals surface area contributed by atoms with Gasteiger partial charge in [0.05, 0.1) is 6.10 Å². The predicted molar refractivity (Wildman–Crippen MR) is 109 cm³/mol. The zero-order valence-electron chi connectivity index (χ0n) is 15.7. The molecule has 144 valence electrons. The molecular weight excluding hydrogens is 355 g/mol. The van der Waals surface area contributed by atoms with Gasteiger partial charge in [-0.1, -0.05) is 36.4 Å². The van der Waals surface area contributed by atoms with Gasteiger partial charge in [-0.15, -0.1) is 0 Å². The van der Waals surface area contributed by atoms with Crippen LogP contribution in [0.15, 0.2) is 60.9 Å². The van der Waals surface area contributed by atoms with E-state index in [0.29, 0.717) is 17.0 Å². The van der Waals surface area contributed by atoms with Crippen LogP contribution in [0, 0.1) is 5.82 Å². The molecule has 0 saturated heterocycles. The van der Waals surface area contributed by atoms with Crippen molar-refractivity contribution in [2.45, 2.75) is 32.3 Å². The molecule has 0 radical (unpaired) electrons. The van der Waals surface area contributed by atoms with Crippen molar-refractivity contribution in [3.8, 4) is 28.3 Å². The van der Waals surface area contributed by atoms with Gasteiger partial charge in [-0.05, 0) is 43.9 Å². The summed E-state index contributed by atoms with van der Waals surface area (Å²) in [6.45, 7) is 1.80. The van der Waals surface area contributed by atoms with Gasteiger partial charge in [0.1, 0.15) is 11.6 Å². The Balaban J connectivity index is 1.66. The van der Waals surface area contributed by atoms with Crippen molar-refractivity contribution in [3.05, 3.63) is 72.3 Å². The van der Waals surface area contributed by atoms with E-state index >= 15 is 0 Å². The third kappa shape index (κ3) is 5.24. The minimum atomic E-state index is -0.513. The van der Waals surface area contributed by atoms with Crippen molar-refractivity contribution < 1.29 is 14.6 Å². The highest BCUT2D eigenvalue weighted by molar-refractivity contribution is 5.65. The highest BCUT2D eigenvalue weighted by atomic mass is 19.1. The monoisotopic (exact) mass is 378 g/mol. The van der Waals surface area contributed by atoms with Crippen LogP contribution in [0.2, 0.25) is 0 Å². The number of unbranched alkanes of at least 4 members (excludes halogenated alkanes) is 1. The van der Waals surface area contributed by atoms with Crippen LogP contribution in [-0.4, -0.2) is 26.3 Å². The van der Waals surface area contributed by atoms with Crippen LogP contribution >= 0.6 is 0 Å². The van der Waals surface area contributed by atoms with Crippen LogP contribution < -0.4 is 0 Å². The van der Waals surface area contributed by atoms with Crippen LogP contribution in [-0.2, 0) is 0 Å². The van der Waals surface area contributed by atoms with Crippen molar-refractivity contribution in [3.63, 3.8) is 0 Å². The van der Waals surface area contributed by atoms with E-state index in [1.165, 1.54) is 12.1 Å². The van der Waals surface area contributed by atoms with Crippen LogP contribution in [0.5, 0.6) is 5.75 Å². The lowest BCUT2D eigenvalue weighted by Crippen LogP contribution is -1.97. The molecule has 0 spiro atoms. The second-order valence-electron chi connectivity index (χ2n) is 6.76. The number of aliphatic hydroxyl groups is 1. The first kappa shape index (κ1) is 19.7. The molecule has 2 aromatic carbocycles. The van der Waals surface area contributed by atoms with Crippen LogP contribution in [0.4, 0.5) is 4.39 Å². The van der Waals surface area contributed by atoms with Gasteiger partial charge in [0, 0.05) is 35.2 Å². The molecule has 1 atom stereocenters. The van der Waals surface area contributed by atoms with Gasteiger partial charge in [0.15, 0.2) is 5.82 Å². The summed E-state index contributed by atoms with van der Waals surface area (Å²) in [5.41, 5.74) is 2.87. The lowest BCUT2D eigenvalue weighted by atomic mass is 10.1. The number of halogens is 1. The molecule has 3 aromatic rings. The quantitative estimate of drug-likeness (QED) is 0.553. The van der Waals surface area contributed by atoms with E-state index in [-0.39, 0.29) is 11.9 Å². The molecule has 0 aliphatic carbocycles. The molecule has 3 rings (SSSR count). The minimum absolute atomic E-state index is 0.115. The van der Waals surface area contributed by atoms with Gasteiger partial charge in [-0.3, -0.25) is 0 Å². The topological polar surface area (TPSA) is 66.2 Å². The zero-order valence-corrected chi connectivity index (χ0v) is 15.7. The average molecular weight is 378 g/mol. The molecule has 1 unspecified atom stereocenters. The number of aliphatic hydroxyl groups excluding tert-OH is 1. The summed E-state index contributed by atoms with van der Waals surface area (Å²) in [5, 5.41) is 18.6. The average Bonchev–Trinajstić information content (AvgIpc) is 2.68. The maximum absolute atomic E-state index is 14.0. The van der Waals surface area contributed by atoms with E-state index in [1.807, 2.05) is 24.3 Å². The number of hydrogen-bond donors (Lipinski definition) is 2. The molecule has 28 heavy (non-hydrogen) atoms. The SMILES string of the molecule is CC(O)CCCC=Cc1ccc(-c2ncc(-c3ccc(O)cc3F)cn2)cc1. The first-order valence-electron chi connectivity index (χ1n) is 9.29. The molecule has 1 heterocycles. The Morgan fingerprint density at radius 1 is 1.04 bits per heavy atom. The maximum Gasteiger partial charge on any atom is 0.159 e. The van der Waals surface area contributed by atoms with Gasteiger partial charge in [0.2, 0.25) is 0 Å². The number of allylic oxidation sites excluding steroid dienone is 1. The number of nitrogens with zero attached hydrogens (tertiary/aromatic N) is 2. The summed E-state index contributed by atoms with van der Waals surface area (Å²) < 4.78 is 14.0. The lowest BCUT2D eigenvalue weighted by molar-refractivity contribution is 0.182. The molecule has 4 nitrogen and oxygen atoms in total. The van der Waals surface area contributed by atoms with Crippen molar-refractivity contribution in [2.75, 3.05) is 0 Å². The number of aromatic nitrogens is 2. The third-order valence-electron chi connectivity index (χ3n) is 4.39. The highest BCUT2D eigenvalue weighted by Gasteiger charge is 2.08. The Kier molecular flexibility index (Phi) is 6.50. The molecule has 0 saturated carbocycles. The maximum atomic E-state index is 14.0. The van der Waals surface area contributed by atoms with E-state index in [0.717, 1.165) is 36.5 Å². The predicted octanol–water partition coefficient (Wildman–Crippen LogP) is 5.22. The summed E-state index contributed by atoms with van der Waals surface area (Å²) in [6.07, 6.45) is 9.79. The van der Waals surface area contributed by atoms with E-state index in [2.05, 4.69) is 22.1 Å². The number of hydrogen-bond acceptors (Lipinski definition) is 4. The Labute approximate surface area is 164 Å². The van der Waals surface area contributed by atoms with E-state index < -0.39 is 5.82 Å². The normalized spacial score (nSPS) is 12.4. The van der Waals surface area contributed by atoms with Crippen molar-refractivity contribution >= 4 is 6.08 Å². The first-order chi connectivity index (χ1) is 13.5. The molecule has 0 aliphatic rings. The standard InChI is InChI=1S/C23H23FN2O2/c1-16(27)5-3-2-4-6-17-7-9-18(10-8-17)23-25-14-19(15-26-23)21-12-11-20(28)13-22(21)24/h4,6-16,27-28H,2-3,5H2,1H3. The number of benzene rings is 2. The molecular formula is C23H23FN2O2. The summed E-state index contributed by atoms with van der Waals surface area (Å²) in [6, 6.07) is 11.9. The molecule has 0 fully saturated rings. The number of rotatable bonds is 7. The Morgan fingerprint density at radius 2 is 1.75 bits per heavy atom. The van der Waals surface area contributed by atoms with E-state index in [1.54, 1.807) is 19.3 Å². The largest absolute Gasteiger partial charge is 0.508 e.